The van der Waals surface area contributed by atoms with E-state index in [1.54, 1.807) is 0 Å². The molecule has 0 bridgehead atoms. The van der Waals surface area contributed by atoms with E-state index in [-0.39, 0.29) is 12.0 Å². The van der Waals surface area contributed by atoms with E-state index in [0.717, 1.165) is 25.9 Å². The minimum atomic E-state index is -0.0364. The van der Waals surface area contributed by atoms with Crippen LogP contribution in [0.15, 0.2) is 0 Å². The molecule has 1 heterocycles. The van der Waals surface area contributed by atoms with Crippen molar-refractivity contribution in [2.45, 2.75) is 39.7 Å². The molecule has 0 aromatic carbocycles. The number of carbonyl (C=O) groups is 1. The van der Waals surface area contributed by atoms with Crippen LogP contribution in [0.3, 0.4) is 0 Å². The molecule has 0 aliphatic carbocycles. The Morgan fingerprint density at radius 3 is 2.86 bits per heavy atom. The van der Waals surface area contributed by atoms with Crippen molar-refractivity contribution in [1.29, 1.82) is 0 Å². The van der Waals surface area contributed by atoms with Crippen molar-refractivity contribution in [2.75, 3.05) is 19.7 Å². The molecule has 1 saturated heterocycles. The number of rotatable bonds is 4. The van der Waals surface area contributed by atoms with Gasteiger partial charge in [-0.25, -0.2) is 0 Å². The highest BCUT2D eigenvalue weighted by molar-refractivity contribution is 5.76. The average molecular weight is 199 g/mol. The second kappa shape index (κ2) is 5.35. The van der Waals surface area contributed by atoms with Crippen LogP contribution in [-0.2, 0) is 9.53 Å². The summed E-state index contributed by atoms with van der Waals surface area (Å²) in [7, 11) is 0. The Labute approximate surface area is 86.4 Å². The van der Waals surface area contributed by atoms with Gasteiger partial charge in [-0.1, -0.05) is 13.8 Å². The first-order valence-corrected chi connectivity index (χ1v) is 5.55. The van der Waals surface area contributed by atoms with Gasteiger partial charge in [0.05, 0.1) is 6.61 Å². The van der Waals surface area contributed by atoms with Crippen LogP contribution in [0, 0.1) is 5.92 Å². The van der Waals surface area contributed by atoms with Crippen LogP contribution in [0.5, 0.6) is 0 Å². The smallest absolute Gasteiger partial charge is 0.323 e. The monoisotopic (exact) mass is 199 g/mol. The van der Waals surface area contributed by atoms with E-state index in [1.807, 2.05) is 6.92 Å². The van der Waals surface area contributed by atoms with Crippen molar-refractivity contribution < 1.29 is 9.53 Å². The molecule has 0 saturated carbocycles. The molecular formula is C11H21NO2. The summed E-state index contributed by atoms with van der Waals surface area (Å²) in [5.41, 5.74) is 0. The minimum absolute atomic E-state index is 0.0253. The van der Waals surface area contributed by atoms with Crippen molar-refractivity contribution in [2.24, 2.45) is 5.92 Å². The number of hydrogen-bond acceptors (Lipinski definition) is 3. The molecule has 14 heavy (non-hydrogen) atoms. The molecule has 0 aromatic heterocycles. The summed E-state index contributed by atoms with van der Waals surface area (Å²) in [6.45, 7) is 8.76. The SMILES string of the molecule is CCOC(=O)C1CCCN1CC(C)C. The van der Waals surface area contributed by atoms with Gasteiger partial charge in [-0.3, -0.25) is 9.69 Å². The summed E-state index contributed by atoms with van der Waals surface area (Å²) >= 11 is 0. The standard InChI is InChI=1S/C11H21NO2/c1-4-14-11(13)10-6-5-7-12(10)8-9(2)3/h9-10H,4-8H2,1-3H3. The third-order valence-electron chi connectivity index (χ3n) is 2.52. The number of hydrogen-bond donors (Lipinski definition) is 0. The summed E-state index contributed by atoms with van der Waals surface area (Å²) in [6.07, 6.45) is 2.09. The third-order valence-corrected chi connectivity index (χ3v) is 2.52. The summed E-state index contributed by atoms with van der Waals surface area (Å²) in [5.74, 6) is 0.579. The molecule has 1 atom stereocenters. The molecule has 1 fully saturated rings. The zero-order valence-electron chi connectivity index (χ0n) is 9.45. The van der Waals surface area contributed by atoms with E-state index >= 15 is 0 Å². The van der Waals surface area contributed by atoms with Crippen LogP contribution in [0.4, 0.5) is 0 Å². The first kappa shape index (κ1) is 11.5. The van der Waals surface area contributed by atoms with Crippen LogP contribution in [0.25, 0.3) is 0 Å². The minimum Gasteiger partial charge on any atom is -0.465 e. The summed E-state index contributed by atoms with van der Waals surface area (Å²) in [6, 6.07) is 0.0253. The molecule has 3 nitrogen and oxygen atoms in total. The Morgan fingerprint density at radius 2 is 2.29 bits per heavy atom. The fourth-order valence-electron chi connectivity index (χ4n) is 2.02. The molecule has 1 aliphatic rings. The van der Waals surface area contributed by atoms with Gasteiger partial charge in [0.15, 0.2) is 0 Å². The van der Waals surface area contributed by atoms with Crippen molar-refractivity contribution >= 4 is 5.97 Å². The lowest BCUT2D eigenvalue weighted by atomic mass is 10.2. The highest BCUT2D eigenvalue weighted by Gasteiger charge is 2.31. The fourth-order valence-corrected chi connectivity index (χ4v) is 2.02. The normalized spacial score (nSPS) is 23.0. The molecule has 1 unspecified atom stereocenters. The molecule has 0 spiro atoms. The van der Waals surface area contributed by atoms with Gasteiger partial charge in [-0.2, -0.15) is 0 Å². The zero-order chi connectivity index (χ0) is 10.6. The number of ether oxygens (including phenoxy) is 1. The Hall–Kier alpha value is -0.570. The molecule has 82 valence electrons. The van der Waals surface area contributed by atoms with E-state index in [0.29, 0.717) is 12.5 Å². The Balaban J connectivity index is 2.46. The lowest BCUT2D eigenvalue weighted by Gasteiger charge is -2.24. The topological polar surface area (TPSA) is 29.5 Å². The van der Waals surface area contributed by atoms with Crippen LogP contribution >= 0.6 is 0 Å². The number of likely N-dealkylation sites (tertiary alicyclic amines) is 1. The van der Waals surface area contributed by atoms with E-state index in [4.69, 9.17) is 4.74 Å². The number of esters is 1. The molecule has 0 N–H and O–H groups in total. The first-order valence-electron chi connectivity index (χ1n) is 5.55. The molecule has 3 heteroatoms. The Kier molecular flexibility index (Phi) is 4.39. The van der Waals surface area contributed by atoms with Crippen LogP contribution < -0.4 is 0 Å². The lowest BCUT2D eigenvalue weighted by Crippen LogP contribution is -2.39. The second-order valence-corrected chi connectivity index (χ2v) is 4.30. The largest absolute Gasteiger partial charge is 0.465 e. The quantitative estimate of drug-likeness (QED) is 0.645. The van der Waals surface area contributed by atoms with Crippen molar-refractivity contribution in [3.63, 3.8) is 0 Å². The first-order chi connectivity index (χ1) is 6.65. The van der Waals surface area contributed by atoms with Crippen molar-refractivity contribution in [3.05, 3.63) is 0 Å². The highest BCUT2D eigenvalue weighted by atomic mass is 16.5. The molecule has 0 amide bonds. The Morgan fingerprint density at radius 1 is 1.57 bits per heavy atom. The van der Waals surface area contributed by atoms with Gasteiger partial charge >= 0.3 is 5.97 Å². The van der Waals surface area contributed by atoms with Gasteiger partial charge in [0, 0.05) is 6.54 Å². The lowest BCUT2D eigenvalue weighted by molar-refractivity contribution is -0.148. The second-order valence-electron chi connectivity index (χ2n) is 4.30. The van der Waals surface area contributed by atoms with Gasteiger partial charge in [-0.05, 0) is 32.2 Å². The van der Waals surface area contributed by atoms with Gasteiger partial charge in [0.2, 0.25) is 0 Å². The molecule has 0 aromatic rings. The zero-order valence-corrected chi connectivity index (χ0v) is 9.45. The summed E-state index contributed by atoms with van der Waals surface area (Å²) < 4.78 is 5.06. The molecule has 1 aliphatic heterocycles. The number of nitrogens with zero attached hydrogens (tertiary/aromatic N) is 1. The average Bonchev–Trinajstić information content (AvgIpc) is 2.51. The summed E-state index contributed by atoms with van der Waals surface area (Å²) in [4.78, 5) is 13.8. The van der Waals surface area contributed by atoms with E-state index < -0.39 is 0 Å². The van der Waals surface area contributed by atoms with Gasteiger partial charge < -0.3 is 4.74 Å². The van der Waals surface area contributed by atoms with Crippen molar-refractivity contribution in [3.8, 4) is 0 Å². The van der Waals surface area contributed by atoms with Crippen molar-refractivity contribution in [1.82, 2.24) is 4.90 Å². The Bertz CT molecular complexity index is 192. The predicted octanol–water partition coefficient (Wildman–Crippen LogP) is 1.67. The fraction of sp³-hybridized carbons (Fsp3) is 0.909. The highest BCUT2D eigenvalue weighted by Crippen LogP contribution is 2.19. The van der Waals surface area contributed by atoms with E-state index in [2.05, 4.69) is 18.7 Å². The van der Waals surface area contributed by atoms with Gasteiger partial charge in [0.25, 0.3) is 0 Å². The molecule has 0 radical (unpaired) electrons. The molecule has 1 rings (SSSR count). The van der Waals surface area contributed by atoms with Crippen LogP contribution in [0.2, 0.25) is 0 Å². The van der Waals surface area contributed by atoms with Gasteiger partial charge in [0.1, 0.15) is 6.04 Å². The van der Waals surface area contributed by atoms with Gasteiger partial charge in [-0.15, -0.1) is 0 Å². The predicted molar refractivity (Wildman–Crippen MR) is 56.1 cm³/mol. The third kappa shape index (κ3) is 2.98. The van der Waals surface area contributed by atoms with Crippen LogP contribution in [-0.4, -0.2) is 36.6 Å². The maximum Gasteiger partial charge on any atom is 0.323 e. The number of carbonyl (C=O) groups excluding carboxylic acids is 1. The van der Waals surface area contributed by atoms with E-state index in [9.17, 15) is 4.79 Å². The maximum absolute atomic E-state index is 11.6. The summed E-state index contributed by atoms with van der Waals surface area (Å²) in [5, 5.41) is 0. The van der Waals surface area contributed by atoms with E-state index in [1.165, 1.54) is 0 Å². The molecular weight excluding hydrogens is 178 g/mol. The van der Waals surface area contributed by atoms with Crippen LogP contribution in [0.1, 0.15) is 33.6 Å². The maximum atomic E-state index is 11.6.